The van der Waals surface area contributed by atoms with Crippen molar-refractivity contribution in [1.29, 1.82) is 0 Å². The number of nitrogens with one attached hydrogen (secondary N) is 1. The number of esters is 1. The first kappa shape index (κ1) is 14.9. The van der Waals surface area contributed by atoms with Crippen molar-refractivity contribution >= 4 is 17.4 Å². The van der Waals surface area contributed by atoms with Gasteiger partial charge in [-0.2, -0.15) is 5.10 Å². The fourth-order valence-corrected chi connectivity index (χ4v) is 1.31. The number of para-hydroxylation sites is 1. The molecule has 0 bridgehead atoms. The number of aliphatic hydroxyl groups excluding tert-OH is 1. The highest BCUT2D eigenvalue weighted by atomic mass is 16.5. The molecule has 0 fully saturated rings. The van der Waals surface area contributed by atoms with Gasteiger partial charge in [-0.3, -0.25) is 5.43 Å². The van der Waals surface area contributed by atoms with Crippen molar-refractivity contribution < 1.29 is 14.6 Å². The number of carbonyl (C=O) groups is 1. The van der Waals surface area contributed by atoms with Gasteiger partial charge >= 0.3 is 5.97 Å². The molecule has 0 aliphatic rings. The Morgan fingerprint density at radius 2 is 2.11 bits per heavy atom. The van der Waals surface area contributed by atoms with Gasteiger partial charge in [0, 0.05) is 6.42 Å². The summed E-state index contributed by atoms with van der Waals surface area (Å²) in [5.41, 5.74) is 4.23. The van der Waals surface area contributed by atoms with E-state index in [1.807, 2.05) is 30.3 Å². The van der Waals surface area contributed by atoms with Crippen LogP contribution in [-0.4, -0.2) is 30.0 Å². The molecule has 1 rings (SSSR count). The average Bonchev–Trinajstić information content (AvgIpc) is 2.44. The molecule has 1 aromatic rings. The van der Waals surface area contributed by atoms with Crippen molar-refractivity contribution in [2.24, 2.45) is 5.10 Å². The summed E-state index contributed by atoms with van der Waals surface area (Å²) in [4.78, 5) is 11.7. The Morgan fingerprint density at radius 1 is 1.42 bits per heavy atom. The van der Waals surface area contributed by atoms with E-state index < -0.39 is 5.97 Å². The van der Waals surface area contributed by atoms with Gasteiger partial charge in [-0.05, 0) is 24.6 Å². The van der Waals surface area contributed by atoms with Gasteiger partial charge in [0.05, 0.1) is 18.9 Å². The third-order valence-corrected chi connectivity index (χ3v) is 2.25. The first-order valence-electron chi connectivity index (χ1n) is 5.99. The maximum Gasteiger partial charge on any atom is 0.354 e. The second-order valence-electron chi connectivity index (χ2n) is 3.84. The van der Waals surface area contributed by atoms with Crippen LogP contribution in [0, 0.1) is 0 Å². The number of benzene rings is 1. The number of aliphatic hydroxyl groups is 1. The molecule has 102 valence electrons. The zero-order chi connectivity index (χ0) is 14.1. The average molecular weight is 262 g/mol. The van der Waals surface area contributed by atoms with Crippen LogP contribution in [0.5, 0.6) is 0 Å². The van der Waals surface area contributed by atoms with E-state index in [2.05, 4.69) is 17.1 Å². The molecule has 0 saturated carbocycles. The standard InChI is InChI=1S/C14H18N2O3/c1-3-19-14(18)13(9-11(2)10-17)16-15-12-7-5-4-6-8-12/h4-8,15,17H,2-3,9-10H2,1H3/b16-13+. The van der Waals surface area contributed by atoms with Gasteiger partial charge < -0.3 is 9.84 Å². The van der Waals surface area contributed by atoms with Gasteiger partial charge in [0.15, 0.2) is 0 Å². The zero-order valence-electron chi connectivity index (χ0n) is 10.9. The van der Waals surface area contributed by atoms with E-state index in [0.29, 0.717) is 5.57 Å². The molecule has 1 aromatic carbocycles. The Labute approximate surface area is 112 Å². The van der Waals surface area contributed by atoms with E-state index in [9.17, 15) is 4.79 Å². The van der Waals surface area contributed by atoms with Crippen LogP contribution in [0.2, 0.25) is 0 Å². The van der Waals surface area contributed by atoms with Crippen molar-refractivity contribution in [3.05, 3.63) is 42.5 Å². The van der Waals surface area contributed by atoms with E-state index in [0.717, 1.165) is 5.69 Å². The Bertz CT molecular complexity index is 455. The molecule has 0 aliphatic carbocycles. The molecular weight excluding hydrogens is 244 g/mol. The number of anilines is 1. The van der Waals surface area contributed by atoms with Crippen LogP contribution >= 0.6 is 0 Å². The predicted molar refractivity (Wildman–Crippen MR) is 75.0 cm³/mol. The van der Waals surface area contributed by atoms with Crippen molar-refractivity contribution in [1.82, 2.24) is 0 Å². The maximum absolute atomic E-state index is 11.7. The minimum atomic E-state index is -0.513. The van der Waals surface area contributed by atoms with E-state index >= 15 is 0 Å². The summed E-state index contributed by atoms with van der Waals surface area (Å²) in [5, 5.41) is 13.0. The molecule has 0 spiro atoms. The highest BCUT2D eigenvalue weighted by Crippen LogP contribution is 2.07. The molecule has 0 aromatic heterocycles. The second-order valence-corrected chi connectivity index (χ2v) is 3.84. The molecule has 2 N–H and O–H groups in total. The second kappa shape index (κ2) is 8.05. The van der Waals surface area contributed by atoms with Gasteiger partial charge in [0.2, 0.25) is 0 Å². The molecule has 0 unspecified atom stereocenters. The van der Waals surface area contributed by atoms with Crippen LogP contribution in [0.15, 0.2) is 47.6 Å². The normalized spacial score (nSPS) is 10.9. The lowest BCUT2D eigenvalue weighted by Gasteiger charge is -2.07. The van der Waals surface area contributed by atoms with Crippen LogP contribution in [-0.2, 0) is 9.53 Å². The SMILES string of the molecule is C=C(CO)C/C(=N\Nc1ccccc1)C(=O)OCC. The third-order valence-electron chi connectivity index (χ3n) is 2.25. The van der Waals surface area contributed by atoms with Gasteiger partial charge in [0.1, 0.15) is 5.71 Å². The van der Waals surface area contributed by atoms with Gasteiger partial charge in [-0.25, -0.2) is 4.79 Å². The Balaban J connectivity index is 2.77. The molecule has 5 nitrogen and oxygen atoms in total. The Hall–Kier alpha value is -2.14. The summed E-state index contributed by atoms with van der Waals surface area (Å²) in [7, 11) is 0. The lowest BCUT2D eigenvalue weighted by Crippen LogP contribution is -2.20. The summed E-state index contributed by atoms with van der Waals surface area (Å²) in [6.45, 7) is 5.45. The molecule has 0 aliphatic heterocycles. The highest BCUT2D eigenvalue weighted by molar-refractivity contribution is 6.37. The lowest BCUT2D eigenvalue weighted by atomic mass is 10.1. The first-order valence-corrected chi connectivity index (χ1v) is 5.99. The molecule has 0 radical (unpaired) electrons. The molecule has 5 heteroatoms. The Morgan fingerprint density at radius 3 is 2.68 bits per heavy atom. The zero-order valence-corrected chi connectivity index (χ0v) is 10.9. The topological polar surface area (TPSA) is 70.9 Å². The largest absolute Gasteiger partial charge is 0.461 e. The van der Waals surface area contributed by atoms with Crippen molar-refractivity contribution in [2.45, 2.75) is 13.3 Å². The van der Waals surface area contributed by atoms with E-state index in [-0.39, 0.29) is 25.3 Å². The quantitative estimate of drug-likeness (QED) is 0.341. The van der Waals surface area contributed by atoms with Gasteiger partial charge in [0.25, 0.3) is 0 Å². The molecule has 0 heterocycles. The minimum absolute atomic E-state index is 0.176. The number of hydrazone groups is 1. The van der Waals surface area contributed by atoms with Crippen LogP contribution in [0.1, 0.15) is 13.3 Å². The van der Waals surface area contributed by atoms with E-state index in [1.54, 1.807) is 6.92 Å². The van der Waals surface area contributed by atoms with Crippen LogP contribution < -0.4 is 5.43 Å². The minimum Gasteiger partial charge on any atom is -0.461 e. The lowest BCUT2D eigenvalue weighted by molar-refractivity contribution is -0.135. The molecular formula is C14H18N2O3. The van der Waals surface area contributed by atoms with Crippen molar-refractivity contribution in [2.75, 3.05) is 18.6 Å². The van der Waals surface area contributed by atoms with Crippen LogP contribution in [0.3, 0.4) is 0 Å². The van der Waals surface area contributed by atoms with Gasteiger partial charge in [-0.15, -0.1) is 0 Å². The number of carbonyl (C=O) groups excluding carboxylic acids is 1. The summed E-state index contributed by atoms with van der Waals surface area (Å²) in [6, 6.07) is 9.25. The first-order chi connectivity index (χ1) is 9.17. The molecule has 0 amide bonds. The van der Waals surface area contributed by atoms with Crippen molar-refractivity contribution in [3.63, 3.8) is 0 Å². The summed E-state index contributed by atoms with van der Waals surface area (Å²) >= 11 is 0. The van der Waals surface area contributed by atoms with Crippen molar-refractivity contribution in [3.8, 4) is 0 Å². The number of hydrogen-bond acceptors (Lipinski definition) is 5. The number of nitrogens with zero attached hydrogens (tertiary/aromatic N) is 1. The monoisotopic (exact) mass is 262 g/mol. The number of ether oxygens (including phenoxy) is 1. The Kier molecular flexibility index (Phi) is 6.32. The van der Waals surface area contributed by atoms with E-state index in [1.165, 1.54) is 0 Å². The maximum atomic E-state index is 11.7. The van der Waals surface area contributed by atoms with Crippen LogP contribution in [0.25, 0.3) is 0 Å². The van der Waals surface area contributed by atoms with Gasteiger partial charge in [-0.1, -0.05) is 24.8 Å². The number of rotatable bonds is 7. The third kappa shape index (κ3) is 5.35. The smallest absolute Gasteiger partial charge is 0.354 e. The summed E-state index contributed by atoms with van der Waals surface area (Å²) in [5.74, 6) is -0.513. The summed E-state index contributed by atoms with van der Waals surface area (Å²) in [6.07, 6.45) is 0.176. The van der Waals surface area contributed by atoms with Crippen LogP contribution in [0.4, 0.5) is 5.69 Å². The number of hydrogen-bond donors (Lipinski definition) is 2. The molecule has 0 saturated heterocycles. The molecule has 0 atom stereocenters. The predicted octanol–water partition coefficient (Wildman–Crippen LogP) is 1.96. The summed E-state index contributed by atoms with van der Waals surface area (Å²) < 4.78 is 4.91. The van der Waals surface area contributed by atoms with E-state index in [4.69, 9.17) is 9.84 Å². The fourth-order valence-electron chi connectivity index (χ4n) is 1.31. The molecule has 19 heavy (non-hydrogen) atoms. The fraction of sp³-hybridized carbons (Fsp3) is 0.286. The highest BCUT2D eigenvalue weighted by Gasteiger charge is 2.14.